The van der Waals surface area contributed by atoms with Gasteiger partial charge in [-0.15, -0.1) is 0 Å². The molecule has 2 amide bonds. The Morgan fingerprint density at radius 1 is 1.00 bits per heavy atom. The molecule has 10 heteroatoms. The van der Waals surface area contributed by atoms with Gasteiger partial charge in [0, 0.05) is 38.9 Å². The second-order valence-corrected chi connectivity index (χ2v) is 10.7. The van der Waals surface area contributed by atoms with Crippen molar-refractivity contribution in [3.63, 3.8) is 0 Å². The Balaban J connectivity index is 1.46. The lowest BCUT2D eigenvalue weighted by molar-refractivity contribution is -0.129. The summed E-state index contributed by atoms with van der Waals surface area (Å²) in [7, 11) is -3.51. The summed E-state index contributed by atoms with van der Waals surface area (Å²) in [5.74, 6) is -0.132. The predicted molar refractivity (Wildman–Crippen MR) is 132 cm³/mol. The number of carbonyl (C=O) groups excluding carboxylic acids is 2. The molecule has 0 aliphatic carbocycles. The fourth-order valence-electron chi connectivity index (χ4n) is 3.82. The van der Waals surface area contributed by atoms with Crippen molar-refractivity contribution >= 4 is 27.7 Å². The number of sulfonamides is 1. The molecule has 9 nitrogen and oxygen atoms in total. The average molecular weight is 488 g/mol. The highest BCUT2D eigenvalue weighted by molar-refractivity contribution is 7.89. The zero-order valence-corrected chi connectivity index (χ0v) is 20.5. The Kier molecular flexibility index (Phi) is 9.00. The Labute approximate surface area is 201 Å². The summed E-state index contributed by atoms with van der Waals surface area (Å²) in [5.41, 5.74) is 0.858. The van der Waals surface area contributed by atoms with Gasteiger partial charge in [0.2, 0.25) is 21.8 Å². The van der Waals surface area contributed by atoms with E-state index in [9.17, 15) is 18.0 Å². The topological polar surface area (TPSA) is 112 Å². The van der Waals surface area contributed by atoms with E-state index in [-0.39, 0.29) is 36.5 Å². The number of nitrogens with one attached hydrogen (secondary N) is 2. The molecule has 2 aromatic rings. The molecular weight excluding hydrogens is 454 g/mol. The SMILES string of the molecule is CC(C)C(NC(=O)Cc1ccccc1)C(=O)NCCS(=O)(=O)N1CCN(c2ccccn2)CC1. The highest BCUT2D eigenvalue weighted by Gasteiger charge is 2.28. The summed E-state index contributed by atoms with van der Waals surface area (Å²) in [6, 6.07) is 14.2. The van der Waals surface area contributed by atoms with Gasteiger partial charge in [-0.1, -0.05) is 50.2 Å². The van der Waals surface area contributed by atoms with E-state index >= 15 is 0 Å². The van der Waals surface area contributed by atoms with Crippen molar-refractivity contribution in [2.24, 2.45) is 5.92 Å². The van der Waals surface area contributed by atoms with E-state index in [4.69, 9.17) is 0 Å². The summed E-state index contributed by atoms with van der Waals surface area (Å²) >= 11 is 0. The third-order valence-corrected chi connectivity index (χ3v) is 7.61. The van der Waals surface area contributed by atoms with Crippen LogP contribution in [0.4, 0.5) is 5.82 Å². The normalized spacial score (nSPS) is 15.7. The smallest absolute Gasteiger partial charge is 0.242 e. The fourth-order valence-corrected chi connectivity index (χ4v) is 5.16. The molecule has 1 aromatic carbocycles. The van der Waals surface area contributed by atoms with Gasteiger partial charge >= 0.3 is 0 Å². The molecule has 1 aliphatic rings. The zero-order valence-electron chi connectivity index (χ0n) is 19.7. The van der Waals surface area contributed by atoms with Crippen LogP contribution in [-0.2, 0) is 26.0 Å². The molecule has 3 rings (SSSR count). The Morgan fingerprint density at radius 2 is 1.68 bits per heavy atom. The lowest BCUT2D eigenvalue weighted by Crippen LogP contribution is -2.52. The highest BCUT2D eigenvalue weighted by atomic mass is 32.2. The fraction of sp³-hybridized carbons (Fsp3) is 0.458. The first-order valence-electron chi connectivity index (χ1n) is 11.5. The summed E-state index contributed by atoms with van der Waals surface area (Å²) in [5, 5.41) is 5.46. The molecule has 1 aromatic heterocycles. The van der Waals surface area contributed by atoms with Crippen LogP contribution in [0, 0.1) is 5.92 Å². The van der Waals surface area contributed by atoms with Crippen molar-refractivity contribution in [2.45, 2.75) is 26.3 Å². The van der Waals surface area contributed by atoms with Gasteiger partial charge in [0.15, 0.2) is 0 Å². The van der Waals surface area contributed by atoms with Gasteiger partial charge in [-0.2, -0.15) is 4.31 Å². The van der Waals surface area contributed by atoms with Crippen LogP contribution in [0.3, 0.4) is 0 Å². The van der Waals surface area contributed by atoms with Crippen molar-refractivity contribution in [1.82, 2.24) is 19.9 Å². The zero-order chi connectivity index (χ0) is 24.6. The molecule has 0 bridgehead atoms. The molecule has 0 saturated carbocycles. The van der Waals surface area contributed by atoms with Gasteiger partial charge < -0.3 is 15.5 Å². The molecular formula is C24H33N5O4S. The lowest BCUT2D eigenvalue weighted by atomic mass is 10.0. The van der Waals surface area contributed by atoms with E-state index in [2.05, 4.69) is 20.5 Å². The van der Waals surface area contributed by atoms with Crippen molar-refractivity contribution < 1.29 is 18.0 Å². The molecule has 1 saturated heterocycles. The van der Waals surface area contributed by atoms with Gasteiger partial charge in [-0.25, -0.2) is 13.4 Å². The van der Waals surface area contributed by atoms with E-state index in [1.165, 1.54) is 4.31 Å². The maximum Gasteiger partial charge on any atom is 0.242 e. The summed E-state index contributed by atoms with van der Waals surface area (Å²) in [6.45, 7) is 5.53. The number of hydrogen-bond donors (Lipinski definition) is 2. The third kappa shape index (κ3) is 7.26. The van der Waals surface area contributed by atoms with E-state index in [1.54, 1.807) is 6.20 Å². The number of piperazine rings is 1. The maximum absolute atomic E-state index is 12.8. The Morgan fingerprint density at radius 3 is 2.29 bits per heavy atom. The molecule has 1 fully saturated rings. The number of rotatable bonds is 10. The van der Waals surface area contributed by atoms with Crippen LogP contribution in [0.1, 0.15) is 19.4 Å². The number of hydrogen-bond acceptors (Lipinski definition) is 6. The lowest BCUT2D eigenvalue weighted by Gasteiger charge is -2.34. The van der Waals surface area contributed by atoms with Gasteiger partial charge in [0.25, 0.3) is 0 Å². The first kappa shape index (κ1) is 25.6. The predicted octanol–water partition coefficient (Wildman–Crippen LogP) is 1.03. The van der Waals surface area contributed by atoms with Crippen LogP contribution in [0.2, 0.25) is 0 Å². The molecule has 2 heterocycles. The maximum atomic E-state index is 12.8. The van der Waals surface area contributed by atoms with Crippen molar-refractivity contribution in [3.05, 3.63) is 60.3 Å². The number of amides is 2. The number of nitrogens with zero attached hydrogens (tertiary/aromatic N) is 3. The monoisotopic (exact) mass is 487 g/mol. The second kappa shape index (κ2) is 11.9. The van der Waals surface area contributed by atoms with Gasteiger partial charge in [-0.05, 0) is 23.6 Å². The number of aromatic nitrogens is 1. The van der Waals surface area contributed by atoms with Gasteiger partial charge in [0.1, 0.15) is 11.9 Å². The average Bonchev–Trinajstić information content (AvgIpc) is 2.83. The van der Waals surface area contributed by atoms with Crippen LogP contribution in [0.5, 0.6) is 0 Å². The molecule has 184 valence electrons. The summed E-state index contributed by atoms with van der Waals surface area (Å²) in [6.07, 6.45) is 1.89. The minimum atomic E-state index is -3.51. The first-order chi connectivity index (χ1) is 16.3. The van der Waals surface area contributed by atoms with E-state index < -0.39 is 16.1 Å². The van der Waals surface area contributed by atoms with E-state index in [0.29, 0.717) is 26.2 Å². The van der Waals surface area contributed by atoms with Gasteiger partial charge in [-0.3, -0.25) is 9.59 Å². The summed E-state index contributed by atoms with van der Waals surface area (Å²) < 4.78 is 27.0. The molecule has 34 heavy (non-hydrogen) atoms. The highest BCUT2D eigenvalue weighted by Crippen LogP contribution is 2.14. The minimum absolute atomic E-state index is 0.0145. The van der Waals surface area contributed by atoms with Crippen LogP contribution < -0.4 is 15.5 Å². The van der Waals surface area contributed by atoms with Crippen LogP contribution in [0.25, 0.3) is 0 Å². The van der Waals surface area contributed by atoms with Crippen molar-refractivity contribution in [3.8, 4) is 0 Å². The molecule has 0 spiro atoms. The van der Waals surface area contributed by atoms with Crippen LogP contribution in [-0.4, -0.2) is 74.0 Å². The quantitative estimate of drug-likeness (QED) is 0.518. The van der Waals surface area contributed by atoms with Crippen molar-refractivity contribution in [1.29, 1.82) is 0 Å². The molecule has 1 aliphatic heterocycles. The summed E-state index contributed by atoms with van der Waals surface area (Å²) in [4.78, 5) is 31.5. The first-order valence-corrected chi connectivity index (χ1v) is 13.1. The third-order valence-electron chi connectivity index (χ3n) is 5.74. The molecule has 2 N–H and O–H groups in total. The molecule has 1 atom stereocenters. The van der Waals surface area contributed by atoms with E-state index in [0.717, 1.165) is 11.4 Å². The second-order valence-electron chi connectivity index (χ2n) is 8.63. The van der Waals surface area contributed by atoms with E-state index in [1.807, 2.05) is 62.4 Å². The number of pyridine rings is 1. The molecule has 0 radical (unpaired) electrons. The number of carbonyl (C=O) groups is 2. The Hall–Kier alpha value is -2.98. The largest absolute Gasteiger partial charge is 0.354 e. The Bertz CT molecular complexity index is 1040. The van der Waals surface area contributed by atoms with Crippen LogP contribution >= 0.6 is 0 Å². The van der Waals surface area contributed by atoms with Gasteiger partial charge in [0.05, 0.1) is 12.2 Å². The standard InChI is InChI=1S/C24H33N5O4S/c1-19(2)23(27-22(30)18-20-8-4-3-5-9-20)24(31)26-12-17-34(32,33)29-15-13-28(14-16-29)21-10-6-7-11-25-21/h3-11,19,23H,12-18H2,1-2H3,(H,26,31)(H,27,30). The number of anilines is 1. The minimum Gasteiger partial charge on any atom is -0.354 e. The molecule has 1 unspecified atom stereocenters. The van der Waals surface area contributed by atoms with Crippen molar-refractivity contribution in [2.75, 3.05) is 43.4 Å². The number of benzene rings is 1. The van der Waals surface area contributed by atoms with Crippen LogP contribution in [0.15, 0.2) is 54.7 Å².